The number of nitrogens with one attached hydrogen (secondary N) is 1. The van der Waals surface area contributed by atoms with Crippen molar-refractivity contribution in [2.24, 2.45) is 5.10 Å². The average molecular weight is 418 g/mol. The van der Waals surface area contributed by atoms with Gasteiger partial charge in [-0.1, -0.05) is 31.5 Å². The van der Waals surface area contributed by atoms with Crippen molar-refractivity contribution in [2.45, 2.75) is 39.5 Å². The van der Waals surface area contributed by atoms with Crippen LogP contribution in [-0.4, -0.2) is 59.0 Å². The van der Waals surface area contributed by atoms with E-state index >= 15 is 0 Å². The number of likely N-dealkylation sites (N-methyl/N-ethyl adjacent to an activating group) is 1. The van der Waals surface area contributed by atoms with Gasteiger partial charge >= 0.3 is 0 Å². The summed E-state index contributed by atoms with van der Waals surface area (Å²) in [7, 11) is 0. The molecule has 2 aliphatic heterocycles. The van der Waals surface area contributed by atoms with Crippen LogP contribution in [0.1, 0.15) is 38.8 Å². The number of thioether (sulfide) groups is 1. The maximum atomic E-state index is 13.7. The summed E-state index contributed by atoms with van der Waals surface area (Å²) < 4.78 is 0. The molecule has 2 aliphatic rings. The van der Waals surface area contributed by atoms with Crippen LogP contribution >= 0.6 is 11.8 Å². The first-order valence-electron chi connectivity index (χ1n) is 9.76. The van der Waals surface area contributed by atoms with Crippen molar-refractivity contribution in [3.63, 3.8) is 0 Å². The highest BCUT2D eigenvalue weighted by molar-refractivity contribution is 8.15. The summed E-state index contributed by atoms with van der Waals surface area (Å²) in [4.78, 5) is 40.4. The van der Waals surface area contributed by atoms with Crippen molar-refractivity contribution in [3.05, 3.63) is 29.3 Å². The van der Waals surface area contributed by atoms with Gasteiger partial charge in [-0.25, -0.2) is 0 Å². The van der Waals surface area contributed by atoms with Crippen molar-refractivity contribution in [2.75, 3.05) is 31.1 Å². The molecule has 1 aromatic rings. The zero-order valence-electron chi connectivity index (χ0n) is 17.5. The zero-order valence-corrected chi connectivity index (χ0v) is 18.3. The highest BCUT2D eigenvalue weighted by atomic mass is 32.2. The summed E-state index contributed by atoms with van der Waals surface area (Å²) in [5, 5.41) is 8.36. The fraction of sp³-hybridized carbons (Fsp3) is 0.500. The lowest BCUT2D eigenvalue weighted by molar-refractivity contribution is -0.139. The SMILES string of the molecule is CCN(CC)CCN1C(=O)[C@]2(SC(NC(C)=O)=NN2C(C)=O)c2cc(C)ccc21. The summed E-state index contributed by atoms with van der Waals surface area (Å²) in [6.07, 6.45) is 0. The van der Waals surface area contributed by atoms with E-state index in [0.717, 1.165) is 48.2 Å². The number of rotatable bonds is 5. The number of hydrogen-bond donors (Lipinski definition) is 1. The van der Waals surface area contributed by atoms with Crippen molar-refractivity contribution in [1.29, 1.82) is 0 Å². The molecule has 1 N–H and O–H groups in total. The molecule has 9 heteroatoms. The maximum absolute atomic E-state index is 13.7. The van der Waals surface area contributed by atoms with Crippen LogP contribution in [-0.2, 0) is 19.3 Å². The molecule has 3 rings (SSSR count). The number of carbonyl (C=O) groups is 3. The zero-order chi connectivity index (χ0) is 21.3. The molecule has 1 spiro atoms. The second-order valence-corrected chi connectivity index (χ2v) is 8.35. The molecule has 0 aliphatic carbocycles. The number of hydrogen-bond acceptors (Lipinski definition) is 6. The largest absolute Gasteiger partial charge is 0.308 e. The lowest BCUT2D eigenvalue weighted by Crippen LogP contribution is -2.49. The Morgan fingerprint density at radius 1 is 1.24 bits per heavy atom. The molecular formula is C20H27N5O3S. The van der Waals surface area contributed by atoms with E-state index in [9.17, 15) is 14.4 Å². The van der Waals surface area contributed by atoms with Gasteiger partial charge in [-0.3, -0.25) is 14.4 Å². The van der Waals surface area contributed by atoms with E-state index in [2.05, 4.69) is 29.2 Å². The fourth-order valence-corrected chi connectivity index (χ4v) is 5.05. The minimum atomic E-state index is -1.33. The number of benzene rings is 1. The second kappa shape index (κ2) is 8.16. The third-order valence-electron chi connectivity index (χ3n) is 5.19. The maximum Gasteiger partial charge on any atom is 0.270 e. The number of aryl methyl sites for hydroxylation is 1. The Morgan fingerprint density at radius 3 is 2.52 bits per heavy atom. The van der Waals surface area contributed by atoms with Crippen LogP contribution in [0, 0.1) is 6.92 Å². The van der Waals surface area contributed by atoms with Crippen LogP contribution in [0.5, 0.6) is 0 Å². The monoisotopic (exact) mass is 417 g/mol. The van der Waals surface area contributed by atoms with Gasteiger partial charge in [0.15, 0.2) is 5.17 Å². The quantitative estimate of drug-likeness (QED) is 0.790. The highest BCUT2D eigenvalue weighted by Gasteiger charge is 2.61. The first-order valence-corrected chi connectivity index (χ1v) is 10.6. The van der Waals surface area contributed by atoms with E-state index in [0.29, 0.717) is 6.54 Å². The molecule has 29 heavy (non-hydrogen) atoms. The van der Waals surface area contributed by atoms with Crippen LogP contribution in [0.2, 0.25) is 0 Å². The van der Waals surface area contributed by atoms with E-state index < -0.39 is 4.87 Å². The van der Waals surface area contributed by atoms with Crippen LogP contribution in [0.3, 0.4) is 0 Å². The Labute approximate surface area is 175 Å². The summed E-state index contributed by atoms with van der Waals surface area (Å²) in [6.45, 7) is 11.9. The van der Waals surface area contributed by atoms with Gasteiger partial charge in [0.1, 0.15) is 0 Å². The number of anilines is 1. The van der Waals surface area contributed by atoms with Crippen molar-refractivity contribution >= 4 is 40.3 Å². The molecule has 0 radical (unpaired) electrons. The molecule has 3 amide bonds. The first kappa shape index (κ1) is 21.3. The smallest absolute Gasteiger partial charge is 0.270 e. The summed E-state index contributed by atoms with van der Waals surface area (Å²) in [5.41, 5.74) is 2.50. The van der Waals surface area contributed by atoms with Crippen molar-refractivity contribution < 1.29 is 14.4 Å². The number of carbonyl (C=O) groups excluding carboxylic acids is 3. The molecule has 0 aromatic heterocycles. The third kappa shape index (κ3) is 3.64. The molecule has 0 saturated heterocycles. The standard InChI is InChI=1S/C20H27N5O3S/c1-6-23(7-2)10-11-24-17-9-8-13(3)12-16(17)20(18(24)28)25(15(5)27)22-19(29-20)21-14(4)26/h8-9,12H,6-7,10-11H2,1-5H3,(H,21,22,26)/t20-/m1/s1. The van der Waals surface area contributed by atoms with Gasteiger partial charge in [-0.05, 0) is 37.8 Å². The third-order valence-corrected chi connectivity index (χ3v) is 6.43. The summed E-state index contributed by atoms with van der Waals surface area (Å²) in [5.74, 6) is -0.871. The number of nitrogens with zero attached hydrogens (tertiary/aromatic N) is 4. The highest BCUT2D eigenvalue weighted by Crippen LogP contribution is 2.54. The Bertz CT molecular complexity index is 883. The van der Waals surface area contributed by atoms with E-state index in [1.807, 2.05) is 25.1 Å². The lowest BCUT2D eigenvalue weighted by Gasteiger charge is -2.30. The van der Waals surface area contributed by atoms with Crippen molar-refractivity contribution in [1.82, 2.24) is 15.2 Å². The van der Waals surface area contributed by atoms with Gasteiger partial charge < -0.3 is 15.1 Å². The van der Waals surface area contributed by atoms with E-state index in [-0.39, 0.29) is 22.9 Å². The fourth-order valence-electron chi connectivity index (χ4n) is 3.73. The molecule has 0 saturated carbocycles. The lowest BCUT2D eigenvalue weighted by atomic mass is 10.0. The van der Waals surface area contributed by atoms with Crippen LogP contribution in [0.4, 0.5) is 5.69 Å². The van der Waals surface area contributed by atoms with Gasteiger partial charge in [-0.2, -0.15) is 5.01 Å². The molecule has 156 valence electrons. The van der Waals surface area contributed by atoms with Gasteiger partial charge in [0, 0.05) is 32.5 Å². The molecule has 0 unspecified atom stereocenters. The van der Waals surface area contributed by atoms with Gasteiger partial charge in [0.2, 0.25) is 16.7 Å². The normalized spacial score (nSPS) is 20.5. The summed E-state index contributed by atoms with van der Waals surface area (Å²) in [6, 6.07) is 5.82. The van der Waals surface area contributed by atoms with E-state index in [1.165, 1.54) is 18.9 Å². The number of amides is 3. The topological polar surface area (TPSA) is 85.3 Å². The van der Waals surface area contributed by atoms with Gasteiger partial charge in [0.25, 0.3) is 5.91 Å². The van der Waals surface area contributed by atoms with E-state index in [4.69, 9.17) is 0 Å². The first-order chi connectivity index (χ1) is 13.7. The summed E-state index contributed by atoms with van der Waals surface area (Å²) >= 11 is 1.11. The van der Waals surface area contributed by atoms with E-state index in [1.54, 1.807) is 4.90 Å². The Hall–Kier alpha value is -2.39. The predicted molar refractivity (Wildman–Crippen MR) is 114 cm³/mol. The number of fused-ring (bicyclic) bond motifs is 2. The Morgan fingerprint density at radius 2 is 1.93 bits per heavy atom. The van der Waals surface area contributed by atoms with Gasteiger partial charge in [0.05, 0.1) is 5.69 Å². The molecule has 2 heterocycles. The molecular weight excluding hydrogens is 390 g/mol. The predicted octanol–water partition coefficient (Wildman–Crippen LogP) is 1.84. The molecule has 0 bridgehead atoms. The molecule has 1 aromatic carbocycles. The minimum absolute atomic E-state index is 0.213. The molecule has 1 atom stereocenters. The van der Waals surface area contributed by atoms with Crippen LogP contribution < -0.4 is 10.2 Å². The van der Waals surface area contributed by atoms with Crippen LogP contribution in [0.25, 0.3) is 0 Å². The Kier molecular flexibility index (Phi) is 6.00. The molecule has 8 nitrogen and oxygen atoms in total. The number of hydrazone groups is 1. The van der Waals surface area contributed by atoms with Crippen LogP contribution in [0.15, 0.2) is 23.3 Å². The Balaban J connectivity index is 2.05. The second-order valence-electron chi connectivity index (χ2n) is 7.17. The van der Waals surface area contributed by atoms with Gasteiger partial charge in [-0.15, -0.1) is 5.10 Å². The minimum Gasteiger partial charge on any atom is -0.308 e. The van der Waals surface area contributed by atoms with Crippen molar-refractivity contribution in [3.8, 4) is 0 Å². The molecule has 0 fully saturated rings. The average Bonchev–Trinajstić information content (AvgIpc) is 3.14. The number of amidine groups is 1.